The minimum Gasteiger partial charge on any atom is -0.478 e. The summed E-state index contributed by atoms with van der Waals surface area (Å²) in [6, 6.07) is 0. The molecule has 0 spiro atoms. The Morgan fingerprint density at radius 1 is 1.70 bits per heavy atom. The molecule has 10 heavy (non-hydrogen) atoms. The number of rotatable bonds is 1. The minimum absolute atomic E-state index is 0.168. The van der Waals surface area contributed by atoms with Crippen LogP contribution in [0.4, 0.5) is 0 Å². The van der Waals surface area contributed by atoms with Crippen molar-refractivity contribution in [3.8, 4) is 0 Å². The van der Waals surface area contributed by atoms with Gasteiger partial charge in [-0.15, -0.1) is 0 Å². The fourth-order valence-corrected chi connectivity index (χ4v) is 0.511. The average molecular weight is 138 g/mol. The standard InChI is InChI=1S/C6H6N2O2/c9-6(10)5-1-2-7-4-8-3-5/h1-4H,(H,7,8)(H,9,10). The minimum atomic E-state index is -0.975. The Bertz CT molecular complexity index is 228. The summed E-state index contributed by atoms with van der Waals surface area (Å²) in [6.45, 7) is 0. The maximum Gasteiger partial charge on any atom is 0.337 e. The summed E-state index contributed by atoms with van der Waals surface area (Å²) in [6.07, 6.45) is 5.64. The van der Waals surface area contributed by atoms with Gasteiger partial charge >= 0.3 is 5.97 Å². The second kappa shape index (κ2) is 2.82. The number of aliphatic imine (C=N–C) groups is 1. The molecule has 52 valence electrons. The molecule has 1 aliphatic heterocycles. The number of nitrogens with zero attached hydrogens (tertiary/aromatic N) is 1. The monoisotopic (exact) mass is 138 g/mol. The molecule has 0 unspecified atom stereocenters. The lowest BCUT2D eigenvalue weighted by Gasteiger charge is -1.86. The van der Waals surface area contributed by atoms with Crippen molar-refractivity contribution in [2.45, 2.75) is 0 Å². The molecule has 1 aliphatic rings. The highest BCUT2D eigenvalue weighted by atomic mass is 16.4. The van der Waals surface area contributed by atoms with Crippen molar-refractivity contribution in [2.75, 3.05) is 0 Å². The van der Waals surface area contributed by atoms with Crippen molar-refractivity contribution in [2.24, 2.45) is 4.99 Å². The Morgan fingerprint density at radius 2 is 2.50 bits per heavy atom. The van der Waals surface area contributed by atoms with E-state index in [0.29, 0.717) is 0 Å². The maximum absolute atomic E-state index is 10.3. The van der Waals surface area contributed by atoms with Crippen molar-refractivity contribution >= 4 is 12.3 Å². The fraction of sp³-hybridized carbons (Fsp3) is 0. The number of hydrogen-bond donors (Lipinski definition) is 2. The lowest BCUT2D eigenvalue weighted by atomic mass is 10.3. The van der Waals surface area contributed by atoms with Gasteiger partial charge in [-0.05, 0) is 6.08 Å². The van der Waals surface area contributed by atoms with Gasteiger partial charge in [0, 0.05) is 12.4 Å². The summed E-state index contributed by atoms with van der Waals surface area (Å²) in [4.78, 5) is 13.9. The van der Waals surface area contributed by atoms with Gasteiger partial charge in [0.1, 0.15) is 0 Å². The van der Waals surface area contributed by atoms with E-state index in [1.807, 2.05) is 0 Å². The Kier molecular flexibility index (Phi) is 1.84. The van der Waals surface area contributed by atoms with E-state index in [0.717, 1.165) is 0 Å². The fourth-order valence-electron chi connectivity index (χ4n) is 0.511. The zero-order chi connectivity index (χ0) is 7.40. The zero-order valence-corrected chi connectivity index (χ0v) is 5.11. The first-order valence-corrected chi connectivity index (χ1v) is 2.68. The number of carbonyl (C=O) groups is 1. The molecule has 0 atom stereocenters. The molecule has 1 rings (SSSR count). The predicted octanol–water partition coefficient (Wildman–Crippen LogP) is 0.100. The van der Waals surface area contributed by atoms with Gasteiger partial charge in [0.05, 0.1) is 11.9 Å². The smallest absolute Gasteiger partial charge is 0.337 e. The quantitative estimate of drug-likeness (QED) is 0.540. The highest BCUT2D eigenvalue weighted by molar-refractivity contribution is 5.90. The molecule has 0 saturated carbocycles. The van der Waals surface area contributed by atoms with Crippen LogP contribution in [0.5, 0.6) is 0 Å². The van der Waals surface area contributed by atoms with Gasteiger partial charge < -0.3 is 10.4 Å². The third-order valence-corrected chi connectivity index (χ3v) is 0.969. The number of carboxylic acids is 1. The van der Waals surface area contributed by atoms with Crippen LogP contribution in [0.2, 0.25) is 0 Å². The summed E-state index contributed by atoms with van der Waals surface area (Å²) in [7, 11) is 0. The molecule has 1 heterocycles. The van der Waals surface area contributed by atoms with E-state index in [1.165, 1.54) is 24.8 Å². The van der Waals surface area contributed by atoms with Crippen molar-refractivity contribution in [3.63, 3.8) is 0 Å². The summed E-state index contributed by atoms with van der Waals surface area (Å²) >= 11 is 0. The van der Waals surface area contributed by atoms with E-state index in [4.69, 9.17) is 5.11 Å². The van der Waals surface area contributed by atoms with Crippen LogP contribution >= 0.6 is 0 Å². The lowest BCUT2D eigenvalue weighted by Crippen LogP contribution is -1.99. The summed E-state index contributed by atoms with van der Waals surface area (Å²) in [5, 5.41) is 11.1. The first-order chi connectivity index (χ1) is 4.80. The van der Waals surface area contributed by atoms with E-state index >= 15 is 0 Å². The number of hydrogen-bond acceptors (Lipinski definition) is 3. The molecule has 2 N–H and O–H groups in total. The highest BCUT2D eigenvalue weighted by Gasteiger charge is 2.01. The third-order valence-electron chi connectivity index (χ3n) is 0.969. The Hall–Kier alpha value is -1.58. The molecule has 0 aromatic heterocycles. The Labute approximate surface area is 57.6 Å². The van der Waals surface area contributed by atoms with Crippen LogP contribution in [0, 0.1) is 0 Å². The lowest BCUT2D eigenvalue weighted by molar-refractivity contribution is -0.132. The second-order valence-corrected chi connectivity index (χ2v) is 1.67. The normalized spacial score (nSPS) is 15.4. The summed E-state index contributed by atoms with van der Waals surface area (Å²) < 4.78 is 0. The van der Waals surface area contributed by atoms with Crippen LogP contribution < -0.4 is 5.32 Å². The van der Waals surface area contributed by atoms with E-state index in [1.54, 1.807) is 0 Å². The number of nitrogens with one attached hydrogen (secondary N) is 1. The van der Waals surface area contributed by atoms with Gasteiger partial charge in [0.2, 0.25) is 0 Å². The molecular formula is C6H6N2O2. The Balaban J connectivity index is 2.83. The van der Waals surface area contributed by atoms with Crippen LogP contribution in [0.1, 0.15) is 0 Å². The predicted molar refractivity (Wildman–Crippen MR) is 36.5 cm³/mol. The van der Waals surface area contributed by atoms with Crippen molar-refractivity contribution in [1.29, 1.82) is 0 Å². The first kappa shape index (κ1) is 6.54. The second-order valence-electron chi connectivity index (χ2n) is 1.67. The Morgan fingerprint density at radius 3 is 3.20 bits per heavy atom. The van der Waals surface area contributed by atoms with Crippen LogP contribution in [0.3, 0.4) is 0 Å². The van der Waals surface area contributed by atoms with E-state index in [-0.39, 0.29) is 5.57 Å². The molecule has 0 aromatic rings. The van der Waals surface area contributed by atoms with Crippen molar-refractivity contribution in [3.05, 3.63) is 24.0 Å². The molecule has 4 nitrogen and oxygen atoms in total. The maximum atomic E-state index is 10.3. The van der Waals surface area contributed by atoms with Crippen LogP contribution in [-0.4, -0.2) is 17.4 Å². The van der Waals surface area contributed by atoms with Gasteiger partial charge in [-0.3, -0.25) is 0 Å². The van der Waals surface area contributed by atoms with E-state index < -0.39 is 5.97 Å². The molecule has 0 aromatic carbocycles. The average Bonchev–Trinajstić information content (AvgIpc) is 2.12. The summed E-state index contributed by atoms with van der Waals surface area (Å²) in [5.74, 6) is -0.975. The van der Waals surface area contributed by atoms with Crippen LogP contribution in [0.15, 0.2) is 29.0 Å². The highest BCUT2D eigenvalue weighted by Crippen LogP contribution is 1.97. The molecule has 0 amide bonds. The van der Waals surface area contributed by atoms with Crippen molar-refractivity contribution in [1.82, 2.24) is 5.32 Å². The molecule has 0 fully saturated rings. The topological polar surface area (TPSA) is 61.7 Å². The van der Waals surface area contributed by atoms with Crippen LogP contribution in [0.25, 0.3) is 0 Å². The molecule has 0 radical (unpaired) electrons. The third kappa shape index (κ3) is 1.45. The summed E-state index contributed by atoms with van der Waals surface area (Å²) in [5.41, 5.74) is 0.168. The number of carboxylic acid groups (broad SMARTS) is 1. The zero-order valence-electron chi connectivity index (χ0n) is 5.11. The molecule has 0 saturated heterocycles. The van der Waals surface area contributed by atoms with Crippen LogP contribution in [-0.2, 0) is 4.79 Å². The molecular weight excluding hydrogens is 132 g/mol. The molecule has 4 heteroatoms. The van der Waals surface area contributed by atoms with Gasteiger partial charge in [-0.2, -0.15) is 0 Å². The molecule has 0 aliphatic carbocycles. The SMILES string of the molecule is O=C(O)C1=CN=CNC=C1. The van der Waals surface area contributed by atoms with Gasteiger partial charge in [-0.1, -0.05) is 0 Å². The molecule has 0 bridgehead atoms. The van der Waals surface area contributed by atoms with E-state index in [9.17, 15) is 4.79 Å². The van der Waals surface area contributed by atoms with Gasteiger partial charge in [0.25, 0.3) is 0 Å². The van der Waals surface area contributed by atoms with Gasteiger partial charge in [0.15, 0.2) is 0 Å². The van der Waals surface area contributed by atoms with E-state index in [2.05, 4.69) is 10.3 Å². The largest absolute Gasteiger partial charge is 0.478 e. The van der Waals surface area contributed by atoms with Gasteiger partial charge in [-0.25, -0.2) is 9.79 Å². The van der Waals surface area contributed by atoms with Crippen molar-refractivity contribution < 1.29 is 9.90 Å². The number of aliphatic carboxylic acids is 1. The first-order valence-electron chi connectivity index (χ1n) is 2.68.